The number of rotatable bonds is 4. The summed E-state index contributed by atoms with van der Waals surface area (Å²) in [5, 5.41) is 3.47. The molecule has 1 saturated carbocycles. The molecule has 1 aliphatic heterocycles. The minimum absolute atomic E-state index is 0.701. The molecule has 0 bridgehead atoms. The van der Waals surface area contributed by atoms with Crippen LogP contribution in [0.2, 0.25) is 0 Å². The minimum atomic E-state index is 0.701. The highest BCUT2D eigenvalue weighted by Gasteiger charge is 2.35. The van der Waals surface area contributed by atoms with Gasteiger partial charge in [-0.1, -0.05) is 6.42 Å². The molecule has 0 aromatic carbocycles. The maximum absolute atomic E-state index is 10.3. The molecule has 0 aromatic heterocycles. The van der Waals surface area contributed by atoms with Crippen molar-refractivity contribution in [2.45, 2.75) is 57.8 Å². The van der Waals surface area contributed by atoms with Crippen molar-refractivity contribution in [1.82, 2.24) is 5.32 Å². The molecule has 1 spiro atoms. The van der Waals surface area contributed by atoms with Crippen molar-refractivity contribution in [1.29, 1.82) is 0 Å². The van der Waals surface area contributed by atoms with Crippen LogP contribution in [0, 0.1) is 11.3 Å². The van der Waals surface area contributed by atoms with E-state index >= 15 is 0 Å². The van der Waals surface area contributed by atoms with Crippen molar-refractivity contribution in [2.24, 2.45) is 11.3 Å². The minimum Gasteiger partial charge on any atom is -0.317 e. The third kappa shape index (κ3) is 3.07. The molecule has 2 aliphatic rings. The van der Waals surface area contributed by atoms with Gasteiger partial charge in [-0.2, -0.15) is 0 Å². The molecule has 1 N–H and O–H groups in total. The lowest BCUT2D eigenvalue weighted by molar-refractivity contribution is -0.108. The molecule has 1 aliphatic carbocycles. The lowest BCUT2D eigenvalue weighted by atomic mass is 9.65. The Kier molecular flexibility index (Phi) is 4.39. The van der Waals surface area contributed by atoms with E-state index in [0.717, 1.165) is 25.0 Å². The van der Waals surface area contributed by atoms with Gasteiger partial charge in [0, 0.05) is 6.42 Å². The largest absolute Gasteiger partial charge is 0.317 e. The van der Waals surface area contributed by atoms with Crippen LogP contribution in [0.4, 0.5) is 0 Å². The van der Waals surface area contributed by atoms with Crippen molar-refractivity contribution < 1.29 is 4.79 Å². The van der Waals surface area contributed by atoms with Crippen molar-refractivity contribution in [3.05, 3.63) is 0 Å². The molecule has 1 heterocycles. The Bertz CT molecular complexity index is 211. The number of hydrogen-bond donors (Lipinski definition) is 1. The number of nitrogens with one attached hydrogen (secondary N) is 1. The van der Waals surface area contributed by atoms with Crippen LogP contribution in [0.25, 0.3) is 0 Å². The van der Waals surface area contributed by atoms with E-state index in [4.69, 9.17) is 0 Å². The van der Waals surface area contributed by atoms with Gasteiger partial charge in [0.25, 0.3) is 0 Å². The Morgan fingerprint density at radius 1 is 1.12 bits per heavy atom. The maximum atomic E-state index is 10.3. The predicted octanol–water partition coefficient (Wildman–Crippen LogP) is 2.92. The van der Waals surface area contributed by atoms with Crippen molar-refractivity contribution in [3.8, 4) is 0 Å². The third-order valence-electron chi connectivity index (χ3n) is 4.76. The molecular formula is C14H25NO. The first-order valence-corrected chi connectivity index (χ1v) is 6.99. The Morgan fingerprint density at radius 2 is 1.81 bits per heavy atom. The first-order chi connectivity index (χ1) is 7.85. The summed E-state index contributed by atoms with van der Waals surface area (Å²) in [6.07, 6.45) is 12.7. The highest BCUT2D eigenvalue weighted by atomic mass is 16.1. The van der Waals surface area contributed by atoms with E-state index in [1.807, 2.05) is 0 Å². The number of aldehydes is 1. The number of unbranched alkanes of at least 4 members (excludes halogenated alkanes) is 1. The predicted molar refractivity (Wildman–Crippen MR) is 66.4 cm³/mol. The molecule has 0 unspecified atom stereocenters. The lowest BCUT2D eigenvalue weighted by Crippen LogP contribution is -2.39. The first kappa shape index (κ1) is 12.1. The van der Waals surface area contributed by atoms with Gasteiger partial charge >= 0.3 is 0 Å². The smallest absolute Gasteiger partial charge is 0.119 e. The van der Waals surface area contributed by atoms with Gasteiger partial charge in [0.1, 0.15) is 6.29 Å². The van der Waals surface area contributed by atoms with Crippen LogP contribution in [0.3, 0.4) is 0 Å². The zero-order valence-corrected chi connectivity index (χ0v) is 10.3. The summed E-state index contributed by atoms with van der Waals surface area (Å²) in [5.41, 5.74) is 0.701. The molecular weight excluding hydrogens is 198 g/mol. The zero-order chi connectivity index (χ0) is 11.3. The maximum Gasteiger partial charge on any atom is 0.119 e. The van der Waals surface area contributed by atoms with E-state index in [2.05, 4.69) is 5.32 Å². The quantitative estimate of drug-likeness (QED) is 0.586. The van der Waals surface area contributed by atoms with Gasteiger partial charge in [-0.15, -0.1) is 0 Å². The fourth-order valence-electron chi connectivity index (χ4n) is 3.53. The summed E-state index contributed by atoms with van der Waals surface area (Å²) >= 11 is 0. The number of carbonyl (C=O) groups is 1. The molecule has 92 valence electrons. The second kappa shape index (κ2) is 5.81. The molecule has 2 fully saturated rings. The molecule has 0 aromatic rings. The highest BCUT2D eigenvalue weighted by molar-refractivity contribution is 5.48. The Balaban J connectivity index is 1.71. The number of piperidine rings is 1. The van der Waals surface area contributed by atoms with E-state index in [-0.39, 0.29) is 0 Å². The molecule has 0 radical (unpaired) electrons. The number of hydrogen-bond acceptors (Lipinski definition) is 2. The molecule has 0 amide bonds. The van der Waals surface area contributed by atoms with Crippen LogP contribution in [-0.4, -0.2) is 19.4 Å². The Morgan fingerprint density at radius 3 is 2.44 bits per heavy atom. The van der Waals surface area contributed by atoms with E-state index in [0.29, 0.717) is 5.41 Å². The summed E-state index contributed by atoms with van der Waals surface area (Å²) in [4.78, 5) is 10.3. The molecule has 16 heavy (non-hydrogen) atoms. The summed E-state index contributed by atoms with van der Waals surface area (Å²) in [6.45, 7) is 2.46. The van der Waals surface area contributed by atoms with Crippen LogP contribution >= 0.6 is 0 Å². The van der Waals surface area contributed by atoms with E-state index in [1.165, 1.54) is 58.0 Å². The van der Waals surface area contributed by atoms with Gasteiger partial charge in [-0.25, -0.2) is 0 Å². The van der Waals surface area contributed by atoms with Gasteiger partial charge < -0.3 is 10.1 Å². The SMILES string of the molecule is O=CCCCC1CCC2(CCNCC2)CC1. The van der Waals surface area contributed by atoms with E-state index in [1.54, 1.807) is 0 Å². The van der Waals surface area contributed by atoms with E-state index < -0.39 is 0 Å². The third-order valence-corrected chi connectivity index (χ3v) is 4.76. The Hall–Kier alpha value is -0.370. The van der Waals surface area contributed by atoms with Crippen molar-refractivity contribution >= 4 is 6.29 Å². The van der Waals surface area contributed by atoms with Gasteiger partial charge in [0.2, 0.25) is 0 Å². The summed E-state index contributed by atoms with van der Waals surface area (Å²) in [7, 11) is 0. The van der Waals surface area contributed by atoms with E-state index in [9.17, 15) is 4.79 Å². The molecule has 1 saturated heterocycles. The first-order valence-electron chi connectivity index (χ1n) is 6.99. The number of carbonyl (C=O) groups excluding carboxylic acids is 1. The summed E-state index contributed by atoms with van der Waals surface area (Å²) < 4.78 is 0. The van der Waals surface area contributed by atoms with Crippen LogP contribution < -0.4 is 5.32 Å². The van der Waals surface area contributed by atoms with Crippen molar-refractivity contribution in [2.75, 3.05) is 13.1 Å². The topological polar surface area (TPSA) is 29.1 Å². The molecule has 2 rings (SSSR count). The van der Waals surface area contributed by atoms with Crippen LogP contribution in [0.5, 0.6) is 0 Å². The van der Waals surface area contributed by atoms with Crippen LogP contribution in [-0.2, 0) is 4.79 Å². The molecule has 2 heteroatoms. The van der Waals surface area contributed by atoms with Crippen molar-refractivity contribution in [3.63, 3.8) is 0 Å². The molecule has 0 atom stereocenters. The second-order valence-electron chi connectivity index (χ2n) is 5.79. The molecule has 2 nitrogen and oxygen atoms in total. The van der Waals surface area contributed by atoms with Gasteiger partial charge in [0.05, 0.1) is 0 Å². The van der Waals surface area contributed by atoms with Gasteiger partial charge in [0.15, 0.2) is 0 Å². The van der Waals surface area contributed by atoms with Crippen LogP contribution in [0.1, 0.15) is 57.8 Å². The monoisotopic (exact) mass is 223 g/mol. The highest BCUT2D eigenvalue weighted by Crippen LogP contribution is 2.45. The fourth-order valence-corrected chi connectivity index (χ4v) is 3.53. The standard InChI is InChI=1S/C14H25NO/c16-12-2-1-3-13-4-6-14(7-5-13)8-10-15-11-9-14/h12-13,15H,1-11H2. The lowest BCUT2D eigenvalue weighted by Gasteiger charge is -2.43. The van der Waals surface area contributed by atoms with Gasteiger partial charge in [-0.3, -0.25) is 0 Å². The zero-order valence-electron chi connectivity index (χ0n) is 10.3. The van der Waals surface area contributed by atoms with Gasteiger partial charge in [-0.05, 0) is 69.4 Å². The second-order valence-corrected chi connectivity index (χ2v) is 5.79. The average molecular weight is 223 g/mol. The normalized spacial score (nSPS) is 25.8. The Labute approximate surface area is 99.2 Å². The fraction of sp³-hybridized carbons (Fsp3) is 0.929. The summed E-state index contributed by atoms with van der Waals surface area (Å²) in [5.74, 6) is 0.917. The average Bonchev–Trinajstić information content (AvgIpc) is 2.33. The summed E-state index contributed by atoms with van der Waals surface area (Å²) in [6, 6.07) is 0. The van der Waals surface area contributed by atoms with Crippen LogP contribution in [0.15, 0.2) is 0 Å².